The Bertz CT molecular complexity index is 1210. The van der Waals surface area contributed by atoms with Crippen LogP contribution in [0.1, 0.15) is 22.8 Å². The van der Waals surface area contributed by atoms with Gasteiger partial charge in [0.15, 0.2) is 0 Å². The summed E-state index contributed by atoms with van der Waals surface area (Å²) in [7, 11) is 9.47. The second kappa shape index (κ2) is 17.6. The third kappa shape index (κ3) is 8.45. The molecular formula is C33H44O11. The van der Waals surface area contributed by atoms with Gasteiger partial charge in [0.1, 0.15) is 69.2 Å². The van der Waals surface area contributed by atoms with Gasteiger partial charge < -0.3 is 52.1 Å². The lowest BCUT2D eigenvalue weighted by molar-refractivity contribution is -0.299. The van der Waals surface area contributed by atoms with Gasteiger partial charge in [0.2, 0.25) is 0 Å². The molecule has 0 saturated carbocycles. The van der Waals surface area contributed by atoms with Crippen LogP contribution in [0.4, 0.5) is 0 Å². The Labute approximate surface area is 259 Å². The number of methoxy groups -OCH3 is 6. The molecule has 4 rings (SSSR count). The molecule has 0 unspecified atom stereocenters. The number of hydrogen-bond donors (Lipinski definition) is 0. The molecular weight excluding hydrogens is 572 g/mol. The fraction of sp³-hybridized carbons (Fsp3) is 0.515. The molecule has 0 spiro atoms. The van der Waals surface area contributed by atoms with Crippen LogP contribution in [-0.2, 0) is 49.1 Å². The van der Waals surface area contributed by atoms with Crippen LogP contribution in [0.25, 0.3) is 11.1 Å². The zero-order valence-corrected chi connectivity index (χ0v) is 26.3. The van der Waals surface area contributed by atoms with Crippen LogP contribution >= 0.6 is 0 Å². The van der Waals surface area contributed by atoms with Crippen molar-refractivity contribution in [1.29, 1.82) is 0 Å². The van der Waals surface area contributed by atoms with Crippen LogP contribution in [-0.4, -0.2) is 101 Å². The quantitative estimate of drug-likeness (QED) is 0.150. The van der Waals surface area contributed by atoms with Crippen molar-refractivity contribution >= 4 is 0 Å². The molecule has 242 valence electrons. The lowest BCUT2D eigenvalue weighted by Crippen LogP contribution is -2.59. The lowest BCUT2D eigenvalue weighted by Gasteiger charge is -2.46. The molecule has 0 aromatic heterocycles. The molecule has 1 aromatic rings. The number of benzene rings is 1. The maximum absolute atomic E-state index is 6.75. The zero-order valence-electron chi connectivity index (χ0n) is 26.3. The summed E-state index contributed by atoms with van der Waals surface area (Å²) in [5.74, 6) is 1.26. The van der Waals surface area contributed by atoms with E-state index < -0.39 is 30.5 Å². The molecule has 11 heteroatoms. The zero-order chi connectivity index (χ0) is 31.3. The van der Waals surface area contributed by atoms with Gasteiger partial charge >= 0.3 is 0 Å². The number of rotatable bonds is 18. The van der Waals surface area contributed by atoms with Crippen molar-refractivity contribution in [2.75, 3.05) is 76.4 Å². The molecule has 1 fully saturated rings. The van der Waals surface area contributed by atoms with E-state index in [0.29, 0.717) is 17.9 Å². The average Bonchev–Trinajstić information content (AvgIpc) is 3.29. The Morgan fingerprint density at radius 3 is 1.80 bits per heavy atom. The first-order valence-electron chi connectivity index (χ1n) is 14.3. The lowest BCUT2D eigenvalue weighted by atomic mass is 9.88. The molecule has 0 radical (unpaired) electrons. The van der Waals surface area contributed by atoms with Gasteiger partial charge in [-0.3, -0.25) is 0 Å². The Morgan fingerprint density at radius 2 is 1.20 bits per heavy atom. The van der Waals surface area contributed by atoms with Gasteiger partial charge in [-0.1, -0.05) is 42.5 Å². The molecule has 44 heavy (non-hydrogen) atoms. The standard InChI is InChI=1S/C33H44O11/c1-34-18-40-17-29-31(41-19-35-2)33(43-21-37-4)32(42-20-36-3)30(44-29)26-15-25(27(38-5)16-28(26)39-6)14-22-12-23-10-8-7-9-11-24(23)13-22/h7-13,15-16,29-33H,14,17-21H2,1-6H3/t29-,30+,31-,32+,33+/m1/s1. The number of ether oxygens (including phenoxy) is 11. The van der Waals surface area contributed by atoms with Crippen LogP contribution in [0.3, 0.4) is 0 Å². The first-order valence-corrected chi connectivity index (χ1v) is 14.3. The molecule has 5 atom stereocenters. The van der Waals surface area contributed by atoms with Crippen molar-refractivity contribution in [3.8, 4) is 22.6 Å². The van der Waals surface area contributed by atoms with Crippen molar-refractivity contribution in [3.05, 3.63) is 71.3 Å². The highest BCUT2D eigenvalue weighted by molar-refractivity contribution is 5.68. The van der Waals surface area contributed by atoms with Crippen LogP contribution in [0.5, 0.6) is 11.5 Å². The summed E-state index contributed by atoms with van der Waals surface area (Å²) in [6.45, 7) is 0.228. The molecule has 1 saturated heterocycles. The van der Waals surface area contributed by atoms with Crippen molar-refractivity contribution < 1.29 is 52.1 Å². The SMILES string of the molecule is COCOC[C@H]1O[C@@H](c2cc(Cc3cc4cccccc-4c3)c(OC)cc2OC)[C@H](OCOC)[C@@H](OCOC)[C@@H]1OCOC. The maximum atomic E-state index is 6.75. The minimum Gasteiger partial charge on any atom is -0.496 e. The Hall–Kier alpha value is -2.84. The van der Waals surface area contributed by atoms with Gasteiger partial charge in [-0.05, 0) is 28.3 Å². The monoisotopic (exact) mass is 616 g/mol. The van der Waals surface area contributed by atoms with Crippen molar-refractivity contribution in [2.45, 2.75) is 36.9 Å². The van der Waals surface area contributed by atoms with E-state index in [2.05, 4.69) is 24.3 Å². The second-order valence-corrected chi connectivity index (χ2v) is 10.3. The van der Waals surface area contributed by atoms with Crippen LogP contribution in [0, 0.1) is 0 Å². The highest BCUT2D eigenvalue weighted by Gasteiger charge is 2.50. The minimum absolute atomic E-state index is 0.00394. The summed E-state index contributed by atoms with van der Waals surface area (Å²) in [5.41, 5.74) is 5.19. The molecule has 1 aliphatic heterocycles. The van der Waals surface area contributed by atoms with Crippen LogP contribution in [0.15, 0.2) is 54.6 Å². The molecule has 1 heterocycles. The van der Waals surface area contributed by atoms with Gasteiger partial charge in [0, 0.05) is 46.5 Å². The van der Waals surface area contributed by atoms with E-state index in [1.54, 1.807) is 42.7 Å². The van der Waals surface area contributed by atoms with Gasteiger partial charge in [0.05, 0.1) is 20.8 Å². The summed E-state index contributed by atoms with van der Waals surface area (Å²) >= 11 is 0. The van der Waals surface area contributed by atoms with Gasteiger partial charge in [-0.25, -0.2) is 0 Å². The molecule has 1 aromatic carbocycles. The van der Waals surface area contributed by atoms with Crippen molar-refractivity contribution in [1.82, 2.24) is 0 Å². The number of fused-ring (bicyclic) bond motifs is 1. The molecule has 3 aliphatic rings. The predicted molar refractivity (Wildman–Crippen MR) is 161 cm³/mol. The van der Waals surface area contributed by atoms with E-state index in [4.69, 9.17) is 52.1 Å². The van der Waals surface area contributed by atoms with Gasteiger partial charge in [-0.15, -0.1) is 0 Å². The fourth-order valence-corrected chi connectivity index (χ4v) is 5.51. The number of hydrogen-bond acceptors (Lipinski definition) is 11. The van der Waals surface area contributed by atoms with Crippen molar-refractivity contribution in [2.24, 2.45) is 0 Å². The summed E-state index contributed by atoms with van der Waals surface area (Å²) in [5, 5.41) is 0. The highest BCUT2D eigenvalue weighted by Crippen LogP contribution is 2.43. The molecule has 11 nitrogen and oxygen atoms in total. The van der Waals surface area contributed by atoms with E-state index in [0.717, 1.165) is 16.7 Å². The van der Waals surface area contributed by atoms with Crippen LogP contribution in [0.2, 0.25) is 0 Å². The topological polar surface area (TPSA) is 102 Å². The smallest absolute Gasteiger partial charge is 0.146 e. The highest BCUT2D eigenvalue weighted by atomic mass is 16.7. The molecule has 2 aliphatic carbocycles. The van der Waals surface area contributed by atoms with Gasteiger partial charge in [-0.2, -0.15) is 0 Å². The van der Waals surface area contributed by atoms with E-state index >= 15 is 0 Å². The summed E-state index contributed by atoms with van der Waals surface area (Å²) in [6.07, 6.45) is -2.64. The Kier molecular flexibility index (Phi) is 13.6. The Morgan fingerprint density at radius 1 is 0.614 bits per heavy atom. The first kappa shape index (κ1) is 34.0. The summed E-state index contributed by atoms with van der Waals surface area (Å²) in [6, 6.07) is 18.6. The summed E-state index contributed by atoms with van der Waals surface area (Å²) < 4.78 is 63.7. The molecule has 0 N–H and O–H groups in total. The third-order valence-corrected chi connectivity index (χ3v) is 7.37. The largest absolute Gasteiger partial charge is 0.496 e. The van der Waals surface area contributed by atoms with Gasteiger partial charge in [0.25, 0.3) is 0 Å². The van der Waals surface area contributed by atoms with E-state index in [-0.39, 0.29) is 33.8 Å². The summed E-state index contributed by atoms with van der Waals surface area (Å²) in [4.78, 5) is 0. The van der Waals surface area contributed by atoms with Crippen molar-refractivity contribution in [3.63, 3.8) is 0 Å². The first-order chi connectivity index (χ1) is 21.6. The maximum Gasteiger partial charge on any atom is 0.146 e. The molecule has 0 amide bonds. The normalized spacial score (nSPS) is 21.9. The van der Waals surface area contributed by atoms with E-state index in [1.165, 1.54) is 11.1 Å². The minimum atomic E-state index is -0.692. The second-order valence-electron chi connectivity index (χ2n) is 10.3. The Balaban J connectivity index is 1.78. The fourth-order valence-electron chi connectivity index (χ4n) is 5.51. The molecule has 0 bridgehead atoms. The van der Waals surface area contributed by atoms with E-state index in [1.807, 2.05) is 30.3 Å². The predicted octanol–water partition coefficient (Wildman–Crippen LogP) is 4.43. The van der Waals surface area contributed by atoms with E-state index in [9.17, 15) is 0 Å². The van der Waals surface area contributed by atoms with Crippen LogP contribution < -0.4 is 9.47 Å². The third-order valence-electron chi connectivity index (χ3n) is 7.37. The average molecular weight is 617 g/mol.